The Morgan fingerprint density at radius 1 is 0.750 bits per heavy atom. The van der Waals surface area contributed by atoms with E-state index >= 15 is 0 Å². The van der Waals surface area contributed by atoms with Gasteiger partial charge in [-0.3, -0.25) is 18.6 Å². The van der Waals surface area contributed by atoms with Crippen LogP contribution in [0, 0.1) is 13.8 Å². The molecule has 0 saturated carbocycles. The quantitative estimate of drug-likeness (QED) is 0.0301. The molecule has 0 spiro atoms. The lowest BCUT2D eigenvalue weighted by Gasteiger charge is -2.34. The van der Waals surface area contributed by atoms with Crippen molar-refractivity contribution >= 4 is 71.5 Å². The highest BCUT2D eigenvalue weighted by molar-refractivity contribution is 8.04. The van der Waals surface area contributed by atoms with E-state index in [4.69, 9.17) is 30.0 Å². The Kier molecular flexibility index (Phi) is 16.9. The molecule has 0 bridgehead atoms. The fourth-order valence-corrected chi connectivity index (χ4v) is 8.82. The zero-order valence-electron chi connectivity index (χ0n) is 31.4. The van der Waals surface area contributed by atoms with Gasteiger partial charge < -0.3 is 30.7 Å². The van der Waals surface area contributed by atoms with E-state index < -0.39 is 33.4 Å². The largest absolute Gasteiger partial charge is 0.511 e. The normalized spacial score (nSPS) is 16.4. The molecule has 0 aliphatic heterocycles. The molecule has 2 amide bonds. The molecule has 0 radical (unpaired) electrons. The van der Waals surface area contributed by atoms with E-state index in [2.05, 4.69) is 19.9 Å². The fraction of sp³-hybridized carbons (Fsp3) is 0.457. The van der Waals surface area contributed by atoms with Gasteiger partial charge in [0.1, 0.15) is 23.3 Å². The van der Waals surface area contributed by atoms with Crippen molar-refractivity contribution in [3.05, 3.63) is 80.7 Å². The van der Waals surface area contributed by atoms with Gasteiger partial charge in [-0.25, -0.2) is 33.9 Å². The number of hydrogen-bond acceptors (Lipinski definition) is 17. The number of aryl methyl sites for hydroxylation is 2. The number of allylic oxidation sites excluding steroid dienone is 2. The molecule has 0 fully saturated rings. The summed E-state index contributed by atoms with van der Waals surface area (Å²) in [6.07, 6.45) is 12.9. The van der Waals surface area contributed by atoms with Crippen molar-refractivity contribution in [2.24, 2.45) is 0 Å². The Hall–Kier alpha value is -4.25. The summed E-state index contributed by atoms with van der Waals surface area (Å²) in [6, 6.07) is 0. The highest BCUT2D eigenvalue weighted by Gasteiger charge is 2.43. The molecule has 56 heavy (non-hydrogen) atoms. The number of nitrogens with two attached hydrogens (primary N) is 2. The predicted octanol–water partition coefficient (Wildman–Crippen LogP) is 7.07. The van der Waals surface area contributed by atoms with Crippen molar-refractivity contribution in [1.82, 2.24) is 29.7 Å². The van der Waals surface area contributed by atoms with Crippen LogP contribution in [-0.4, -0.2) is 71.8 Å². The van der Waals surface area contributed by atoms with Crippen LogP contribution in [0.2, 0.25) is 0 Å². The van der Waals surface area contributed by atoms with Crippen LogP contribution in [0.3, 0.4) is 0 Å². The number of nitrogen functional groups attached to an aromatic ring is 2. The van der Waals surface area contributed by atoms with Crippen molar-refractivity contribution in [1.29, 1.82) is 0 Å². The number of thioether (sulfide) groups is 2. The van der Waals surface area contributed by atoms with Crippen molar-refractivity contribution < 1.29 is 42.0 Å². The van der Waals surface area contributed by atoms with E-state index in [1.165, 1.54) is 33.3 Å². The van der Waals surface area contributed by atoms with Crippen LogP contribution in [0.4, 0.5) is 16.4 Å². The number of hydrogen-bond donors (Lipinski definition) is 2. The number of carbonyl (C=O) groups is 3. The maximum Gasteiger partial charge on any atom is 0.511 e. The third kappa shape index (κ3) is 12.4. The van der Waals surface area contributed by atoms with Gasteiger partial charge in [0.05, 0.1) is 26.3 Å². The van der Waals surface area contributed by atoms with Gasteiger partial charge in [0.2, 0.25) is 12.8 Å². The summed E-state index contributed by atoms with van der Waals surface area (Å²) >= 11 is 2.50. The van der Waals surface area contributed by atoms with E-state index in [0.29, 0.717) is 82.5 Å². The molecule has 0 unspecified atom stereocenters. The molecule has 2 aliphatic carbocycles. The van der Waals surface area contributed by atoms with Gasteiger partial charge in [-0.05, 0) is 27.7 Å². The second-order valence-corrected chi connectivity index (χ2v) is 16.4. The first kappa shape index (κ1) is 44.5. The van der Waals surface area contributed by atoms with Gasteiger partial charge in [-0.15, -0.1) is 0 Å². The number of ether oxygens (including phenoxy) is 2. The molecular formula is C35H44N8O9P2S2. The first-order valence-corrected chi connectivity index (χ1v) is 20.4. The molecule has 0 saturated heterocycles. The number of nitrogens with zero attached hydrogens (tertiary/aromatic N) is 6. The first-order valence-electron chi connectivity index (χ1n) is 17.4. The summed E-state index contributed by atoms with van der Waals surface area (Å²) in [5, 5.41) is 0. The summed E-state index contributed by atoms with van der Waals surface area (Å²) in [6.45, 7) is 7.18. The lowest BCUT2D eigenvalue weighted by molar-refractivity contribution is -0.117. The summed E-state index contributed by atoms with van der Waals surface area (Å²) < 4.78 is 44.9. The van der Waals surface area contributed by atoms with Crippen LogP contribution in [-0.2, 0) is 50.3 Å². The average Bonchev–Trinajstić information content (AvgIpc) is 3.82. The minimum absolute atomic E-state index is 0.0535. The second-order valence-electron chi connectivity index (χ2n) is 12.7. The standard InChI is InChI=1S/C35H44N8O9P2S2/c1-23(42(21-44)19-27-17-38-25(3)40-31(27)36)29(9-15-49-53-47)55-34(11-5-6-12-34)51-33(46)52-35(13-7-8-14-35)56-30(10-16-50-54-48)24(2)43(22-45)20-28-18-39-26(4)41-32(28)37/h5-8,17-18,21-22H,9-16,19-20H2,1-4H3,(H2,36,38,40)(H2,37,39,41)/b29-23-,30-24-. The highest BCUT2D eigenvalue weighted by atomic mass is 32.2. The monoisotopic (exact) mass is 846 g/mol. The Bertz CT molecular complexity index is 1750. The van der Waals surface area contributed by atoms with E-state index in [0.717, 1.165) is 0 Å². The average molecular weight is 847 g/mol. The molecule has 0 aromatic carbocycles. The van der Waals surface area contributed by atoms with Crippen molar-refractivity contribution in [2.75, 3.05) is 24.7 Å². The maximum absolute atomic E-state index is 13.9. The Morgan fingerprint density at radius 2 is 1.12 bits per heavy atom. The Balaban J connectivity index is 1.60. The van der Waals surface area contributed by atoms with Gasteiger partial charge >= 0.3 is 23.5 Å². The molecule has 0 atom stereocenters. The third-order valence-corrected chi connectivity index (χ3v) is 12.4. The summed E-state index contributed by atoms with van der Waals surface area (Å²) in [5.74, 6) is 1.47. The van der Waals surface area contributed by atoms with Gasteiger partial charge in [-0.2, -0.15) is 0 Å². The number of amides is 2. The molecule has 2 aromatic heterocycles. The lowest BCUT2D eigenvalue weighted by atomic mass is 10.2. The van der Waals surface area contributed by atoms with Crippen LogP contribution in [0.25, 0.3) is 0 Å². The number of rotatable bonds is 22. The van der Waals surface area contributed by atoms with Crippen LogP contribution >= 0.6 is 40.9 Å². The van der Waals surface area contributed by atoms with Gasteiger partial charge in [0, 0.05) is 83.2 Å². The van der Waals surface area contributed by atoms with Gasteiger partial charge in [-0.1, -0.05) is 47.8 Å². The minimum atomic E-state index is -1.15. The molecular weight excluding hydrogens is 803 g/mol. The molecule has 4 rings (SSSR count). The fourth-order valence-electron chi connectivity index (χ4n) is 5.76. The second kappa shape index (κ2) is 21.3. The molecule has 21 heteroatoms. The Morgan fingerprint density at radius 3 is 1.45 bits per heavy atom. The Labute approximate surface area is 336 Å². The third-order valence-electron chi connectivity index (χ3n) is 8.79. The van der Waals surface area contributed by atoms with Crippen LogP contribution < -0.4 is 11.5 Å². The lowest BCUT2D eigenvalue weighted by Crippen LogP contribution is -2.35. The molecule has 2 aromatic rings. The molecule has 4 N–H and O–H groups in total. The molecule has 2 aliphatic rings. The SMILES string of the molecule is C/C(=C(\CCOP=O)SC1(OC(=O)OC2(S/C(CCOP=O)=C(/C)N(C=O)Cc3cnc(C)nc3N)CC=CC2)CC=CC1)N(C=O)Cc1cnc(C)nc1N. The summed E-state index contributed by atoms with van der Waals surface area (Å²) in [4.78, 5) is 57.4. The minimum Gasteiger partial charge on any atom is -0.415 e. The summed E-state index contributed by atoms with van der Waals surface area (Å²) in [5.41, 5.74) is 14.4. The number of aromatic nitrogens is 4. The van der Waals surface area contributed by atoms with Crippen LogP contribution in [0.5, 0.6) is 0 Å². The van der Waals surface area contributed by atoms with Gasteiger partial charge in [0.15, 0.2) is 9.87 Å². The molecule has 17 nitrogen and oxygen atoms in total. The van der Waals surface area contributed by atoms with Crippen LogP contribution in [0.1, 0.15) is 75.1 Å². The molecule has 300 valence electrons. The van der Waals surface area contributed by atoms with Crippen molar-refractivity contribution in [3.8, 4) is 0 Å². The van der Waals surface area contributed by atoms with E-state index in [-0.39, 0.29) is 50.8 Å². The predicted molar refractivity (Wildman–Crippen MR) is 212 cm³/mol. The van der Waals surface area contributed by atoms with Gasteiger partial charge in [0.25, 0.3) is 0 Å². The number of carbonyl (C=O) groups excluding carboxylic acids is 3. The topological polar surface area (TPSA) is 232 Å². The van der Waals surface area contributed by atoms with E-state index in [1.54, 1.807) is 40.1 Å². The summed E-state index contributed by atoms with van der Waals surface area (Å²) in [7, 11) is -1.01. The molecule has 2 heterocycles. The van der Waals surface area contributed by atoms with Crippen LogP contribution in [0.15, 0.2) is 57.9 Å². The maximum atomic E-state index is 13.9. The van der Waals surface area contributed by atoms with E-state index in [1.807, 2.05) is 24.3 Å². The zero-order chi connectivity index (χ0) is 40.7. The highest BCUT2D eigenvalue weighted by Crippen LogP contribution is 2.49. The van der Waals surface area contributed by atoms with Crippen molar-refractivity contribution in [2.45, 2.75) is 89.2 Å². The first-order chi connectivity index (χ1) is 26.9. The number of anilines is 2. The van der Waals surface area contributed by atoms with Crippen molar-refractivity contribution in [3.63, 3.8) is 0 Å². The van der Waals surface area contributed by atoms with E-state index in [9.17, 15) is 23.5 Å². The zero-order valence-corrected chi connectivity index (χ0v) is 34.8. The smallest absolute Gasteiger partial charge is 0.415 e.